The molecule has 1 aliphatic rings. The molecule has 1 saturated heterocycles. The summed E-state index contributed by atoms with van der Waals surface area (Å²) in [6, 6.07) is 10.7. The molecule has 1 N–H and O–H groups in total. The molecule has 0 saturated carbocycles. The standard InChI is InChI=1S/C21H24N2OS/c1-2-15-7-5-8-16-18(14-22-21(15)16)17(19-9-6-12-25-19)13-20(24)23-10-3-4-11-23/h5-9,12,14,17,22H,2-4,10-11,13H2,1H3. The number of thiophene rings is 1. The zero-order chi connectivity index (χ0) is 17.2. The second-order valence-corrected chi connectivity index (χ2v) is 7.78. The summed E-state index contributed by atoms with van der Waals surface area (Å²) in [5.74, 6) is 0.422. The van der Waals surface area contributed by atoms with Gasteiger partial charge >= 0.3 is 0 Å². The fourth-order valence-electron chi connectivity index (χ4n) is 3.95. The van der Waals surface area contributed by atoms with Crippen molar-refractivity contribution in [2.45, 2.75) is 38.5 Å². The minimum Gasteiger partial charge on any atom is -0.361 e. The number of fused-ring (bicyclic) bond motifs is 1. The van der Waals surface area contributed by atoms with Crippen molar-refractivity contribution in [2.24, 2.45) is 0 Å². The Bertz CT molecular complexity index is 859. The number of nitrogens with zero attached hydrogens (tertiary/aromatic N) is 1. The van der Waals surface area contributed by atoms with Crippen LogP contribution in [0.4, 0.5) is 0 Å². The smallest absolute Gasteiger partial charge is 0.223 e. The number of aryl methyl sites for hydroxylation is 1. The van der Waals surface area contributed by atoms with Crippen molar-refractivity contribution in [1.29, 1.82) is 0 Å². The molecule has 3 aromatic rings. The zero-order valence-corrected chi connectivity index (χ0v) is 15.4. The van der Waals surface area contributed by atoms with Crippen LogP contribution in [0.5, 0.6) is 0 Å². The first-order valence-electron chi connectivity index (χ1n) is 9.18. The third-order valence-corrected chi connectivity index (χ3v) is 6.30. The van der Waals surface area contributed by atoms with Crippen LogP contribution in [0.15, 0.2) is 41.9 Å². The van der Waals surface area contributed by atoms with E-state index in [9.17, 15) is 4.79 Å². The maximum atomic E-state index is 12.8. The maximum Gasteiger partial charge on any atom is 0.223 e. The molecule has 25 heavy (non-hydrogen) atoms. The van der Waals surface area contributed by atoms with Gasteiger partial charge in [-0.05, 0) is 41.8 Å². The maximum absolute atomic E-state index is 12.8. The number of hydrogen-bond acceptors (Lipinski definition) is 2. The number of benzene rings is 1. The monoisotopic (exact) mass is 352 g/mol. The molecule has 0 bridgehead atoms. The molecule has 3 heterocycles. The SMILES string of the molecule is CCc1cccc2c(C(CC(=O)N3CCCC3)c3cccs3)c[nH]c12. The number of carbonyl (C=O) groups excluding carboxylic acids is 1. The van der Waals surface area contributed by atoms with Crippen LogP contribution in [0, 0.1) is 0 Å². The summed E-state index contributed by atoms with van der Waals surface area (Å²) < 4.78 is 0. The van der Waals surface area contributed by atoms with Gasteiger partial charge in [-0.2, -0.15) is 0 Å². The first kappa shape index (κ1) is 16.4. The Hall–Kier alpha value is -2.07. The molecule has 0 aliphatic carbocycles. The fourth-order valence-corrected chi connectivity index (χ4v) is 4.79. The lowest BCUT2D eigenvalue weighted by molar-refractivity contribution is -0.130. The first-order chi connectivity index (χ1) is 12.3. The Morgan fingerprint density at radius 3 is 2.80 bits per heavy atom. The molecule has 1 amide bonds. The van der Waals surface area contributed by atoms with Gasteiger partial charge in [0.05, 0.1) is 0 Å². The van der Waals surface area contributed by atoms with Crippen LogP contribution in [0.2, 0.25) is 0 Å². The van der Waals surface area contributed by atoms with Crippen molar-refractivity contribution in [3.8, 4) is 0 Å². The molecule has 3 nitrogen and oxygen atoms in total. The highest BCUT2D eigenvalue weighted by Crippen LogP contribution is 2.37. The highest BCUT2D eigenvalue weighted by Gasteiger charge is 2.26. The molecule has 1 aliphatic heterocycles. The number of amides is 1. The normalized spacial score (nSPS) is 15.8. The number of rotatable bonds is 5. The van der Waals surface area contributed by atoms with Gasteiger partial charge in [-0.15, -0.1) is 11.3 Å². The van der Waals surface area contributed by atoms with Gasteiger partial charge in [0, 0.05) is 47.4 Å². The molecule has 0 spiro atoms. The lowest BCUT2D eigenvalue weighted by Crippen LogP contribution is -2.29. The Morgan fingerprint density at radius 1 is 1.24 bits per heavy atom. The molecule has 0 radical (unpaired) electrons. The summed E-state index contributed by atoms with van der Waals surface area (Å²) in [6.07, 6.45) is 5.97. The van der Waals surface area contributed by atoms with Gasteiger partial charge < -0.3 is 9.88 Å². The summed E-state index contributed by atoms with van der Waals surface area (Å²) >= 11 is 1.75. The van der Waals surface area contributed by atoms with Gasteiger partial charge in [0.1, 0.15) is 0 Å². The minimum atomic E-state index is 0.133. The van der Waals surface area contributed by atoms with Gasteiger partial charge in [-0.1, -0.05) is 31.2 Å². The van der Waals surface area contributed by atoms with E-state index in [1.54, 1.807) is 11.3 Å². The highest BCUT2D eigenvalue weighted by atomic mass is 32.1. The molecule has 4 rings (SSSR count). The molecule has 1 atom stereocenters. The van der Waals surface area contributed by atoms with E-state index in [-0.39, 0.29) is 11.8 Å². The van der Waals surface area contributed by atoms with Crippen molar-refractivity contribution < 1.29 is 4.79 Å². The molecular weight excluding hydrogens is 328 g/mol. The lowest BCUT2D eigenvalue weighted by Gasteiger charge is -2.20. The summed E-state index contributed by atoms with van der Waals surface area (Å²) in [6.45, 7) is 4.02. The molecule has 130 valence electrons. The molecule has 1 unspecified atom stereocenters. The largest absolute Gasteiger partial charge is 0.361 e. The Kier molecular flexibility index (Phi) is 4.62. The van der Waals surface area contributed by atoms with Crippen molar-refractivity contribution in [2.75, 3.05) is 13.1 Å². The average molecular weight is 353 g/mol. The van der Waals surface area contributed by atoms with Gasteiger partial charge in [-0.25, -0.2) is 0 Å². The number of hydrogen-bond donors (Lipinski definition) is 1. The highest BCUT2D eigenvalue weighted by molar-refractivity contribution is 7.10. The number of para-hydroxylation sites is 1. The van der Waals surface area contributed by atoms with E-state index in [0.29, 0.717) is 6.42 Å². The summed E-state index contributed by atoms with van der Waals surface area (Å²) in [4.78, 5) is 19.6. The third kappa shape index (κ3) is 3.11. The predicted octanol–water partition coefficient (Wildman–Crippen LogP) is 4.94. The number of likely N-dealkylation sites (tertiary alicyclic amines) is 1. The van der Waals surface area contributed by atoms with Crippen molar-refractivity contribution >= 4 is 28.1 Å². The van der Waals surface area contributed by atoms with E-state index in [0.717, 1.165) is 32.4 Å². The number of aromatic nitrogens is 1. The van der Waals surface area contributed by atoms with Crippen LogP contribution < -0.4 is 0 Å². The zero-order valence-electron chi connectivity index (χ0n) is 14.6. The molecule has 1 aromatic carbocycles. The van der Waals surface area contributed by atoms with Crippen LogP contribution >= 0.6 is 11.3 Å². The fraction of sp³-hybridized carbons (Fsp3) is 0.381. The lowest BCUT2D eigenvalue weighted by atomic mass is 9.92. The van der Waals surface area contributed by atoms with E-state index in [2.05, 4.69) is 53.8 Å². The Labute approximate surface area is 152 Å². The Morgan fingerprint density at radius 2 is 2.08 bits per heavy atom. The quantitative estimate of drug-likeness (QED) is 0.694. The van der Waals surface area contributed by atoms with Gasteiger partial charge in [-0.3, -0.25) is 4.79 Å². The van der Waals surface area contributed by atoms with E-state index in [1.807, 2.05) is 4.90 Å². The van der Waals surface area contributed by atoms with Gasteiger partial charge in [0.15, 0.2) is 0 Å². The van der Waals surface area contributed by atoms with Crippen molar-refractivity contribution in [1.82, 2.24) is 9.88 Å². The molecular formula is C21H24N2OS. The minimum absolute atomic E-state index is 0.133. The van der Waals surface area contributed by atoms with E-state index < -0.39 is 0 Å². The van der Waals surface area contributed by atoms with Crippen molar-refractivity contribution in [3.05, 3.63) is 57.9 Å². The van der Waals surface area contributed by atoms with E-state index in [1.165, 1.54) is 26.9 Å². The van der Waals surface area contributed by atoms with Crippen LogP contribution in [0.25, 0.3) is 10.9 Å². The third-order valence-electron chi connectivity index (χ3n) is 5.31. The first-order valence-corrected chi connectivity index (χ1v) is 10.1. The molecule has 4 heteroatoms. The second-order valence-electron chi connectivity index (χ2n) is 6.80. The second kappa shape index (κ2) is 7.04. The van der Waals surface area contributed by atoms with Crippen LogP contribution in [0.3, 0.4) is 0 Å². The number of carbonyl (C=O) groups is 1. The van der Waals surface area contributed by atoms with Crippen molar-refractivity contribution in [3.63, 3.8) is 0 Å². The van der Waals surface area contributed by atoms with Crippen LogP contribution in [0.1, 0.15) is 48.1 Å². The summed E-state index contributed by atoms with van der Waals surface area (Å²) in [5.41, 5.74) is 3.80. The van der Waals surface area contributed by atoms with E-state index >= 15 is 0 Å². The number of nitrogens with one attached hydrogen (secondary N) is 1. The average Bonchev–Trinajstić information content (AvgIpc) is 3.40. The topological polar surface area (TPSA) is 36.1 Å². The predicted molar refractivity (Wildman–Crippen MR) is 104 cm³/mol. The number of aromatic amines is 1. The molecule has 2 aromatic heterocycles. The Balaban J connectivity index is 1.72. The van der Waals surface area contributed by atoms with Gasteiger partial charge in [0.2, 0.25) is 5.91 Å². The van der Waals surface area contributed by atoms with Gasteiger partial charge in [0.25, 0.3) is 0 Å². The van der Waals surface area contributed by atoms with E-state index in [4.69, 9.17) is 0 Å². The molecule has 1 fully saturated rings. The number of H-pyrrole nitrogens is 1. The van der Waals surface area contributed by atoms with Crippen LogP contribution in [-0.4, -0.2) is 28.9 Å². The van der Waals surface area contributed by atoms with Crippen LogP contribution in [-0.2, 0) is 11.2 Å². The summed E-state index contributed by atoms with van der Waals surface area (Å²) in [7, 11) is 0. The summed E-state index contributed by atoms with van der Waals surface area (Å²) in [5, 5.41) is 3.36.